The SMILES string of the molecule is NC1(C(=O)N(c2ncnc3[nH]cc(Br)c23)[C@@H](CCO)c2ccc(Cl)cc2)CCNCC1. The fourth-order valence-corrected chi connectivity index (χ4v) is 4.66. The first kappa shape index (κ1) is 22.2. The van der Waals surface area contributed by atoms with Crippen LogP contribution in [0.3, 0.4) is 0 Å². The Hall–Kier alpha value is -2.04. The maximum absolute atomic E-state index is 14.0. The number of aromatic nitrogens is 3. The van der Waals surface area contributed by atoms with Crippen LogP contribution in [0.15, 0.2) is 41.3 Å². The number of hydrogen-bond donors (Lipinski definition) is 4. The van der Waals surface area contributed by atoms with Gasteiger partial charge < -0.3 is 21.1 Å². The van der Waals surface area contributed by atoms with Crippen LogP contribution in [0, 0.1) is 0 Å². The van der Waals surface area contributed by atoms with Gasteiger partial charge in [0.1, 0.15) is 17.8 Å². The molecule has 1 atom stereocenters. The summed E-state index contributed by atoms with van der Waals surface area (Å²) in [6.45, 7) is 1.21. The Kier molecular flexibility index (Phi) is 6.59. The molecule has 0 aliphatic carbocycles. The molecular weight excluding hydrogens is 484 g/mol. The van der Waals surface area contributed by atoms with Crippen LogP contribution in [-0.2, 0) is 4.79 Å². The Morgan fingerprint density at radius 2 is 2.00 bits per heavy atom. The van der Waals surface area contributed by atoms with Gasteiger partial charge in [-0.3, -0.25) is 9.69 Å². The van der Waals surface area contributed by atoms with Gasteiger partial charge in [-0.25, -0.2) is 9.97 Å². The number of carbonyl (C=O) groups is 1. The van der Waals surface area contributed by atoms with Crippen LogP contribution in [0.1, 0.15) is 30.9 Å². The van der Waals surface area contributed by atoms with E-state index in [0.717, 1.165) is 10.0 Å². The summed E-state index contributed by atoms with van der Waals surface area (Å²) in [4.78, 5) is 27.5. The third-order valence-corrected chi connectivity index (χ3v) is 6.62. The molecule has 1 fully saturated rings. The lowest BCUT2D eigenvalue weighted by Gasteiger charge is -2.40. The van der Waals surface area contributed by atoms with Gasteiger partial charge in [-0.05, 0) is 66.0 Å². The lowest BCUT2D eigenvalue weighted by molar-refractivity contribution is -0.125. The van der Waals surface area contributed by atoms with E-state index in [1.807, 2.05) is 12.1 Å². The predicted molar refractivity (Wildman–Crippen MR) is 124 cm³/mol. The number of amides is 1. The van der Waals surface area contributed by atoms with E-state index >= 15 is 0 Å². The number of fused-ring (bicyclic) bond motifs is 1. The van der Waals surface area contributed by atoms with E-state index < -0.39 is 11.6 Å². The highest BCUT2D eigenvalue weighted by Crippen LogP contribution is 2.38. The fourth-order valence-electron chi connectivity index (χ4n) is 4.06. The molecule has 10 heteroatoms. The van der Waals surface area contributed by atoms with Gasteiger partial charge >= 0.3 is 0 Å². The van der Waals surface area contributed by atoms with Gasteiger partial charge in [0.2, 0.25) is 5.91 Å². The molecule has 1 saturated heterocycles. The number of H-pyrrole nitrogens is 1. The number of nitrogens with two attached hydrogens (primary N) is 1. The molecular formula is C21H24BrClN6O2. The average molecular weight is 508 g/mol. The van der Waals surface area contributed by atoms with Crippen LogP contribution >= 0.6 is 27.5 Å². The Bertz CT molecular complexity index is 1070. The summed E-state index contributed by atoms with van der Waals surface area (Å²) in [5.74, 6) is 0.218. The summed E-state index contributed by atoms with van der Waals surface area (Å²) in [7, 11) is 0. The molecule has 164 valence electrons. The standard InChI is InChI=1S/C21H24BrClN6O2/c22-15-11-26-18-17(15)19(28-12-27-18)29(20(31)21(24)6-8-25-9-7-21)16(5-10-30)13-1-3-14(23)4-2-13/h1-4,11-12,16,25,30H,5-10,24H2,(H,26,27,28)/t16-/m0/s1. The van der Waals surface area contributed by atoms with E-state index in [0.29, 0.717) is 54.2 Å². The molecule has 0 radical (unpaired) electrons. The van der Waals surface area contributed by atoms with Crippen molar-refractivity contribution in [3.63, 3.8) is 0 Å². The molecule has 3 aromatic rings. The third-order valence-electron chi connectivity index (χ3n) is 5.74. The highest BCUT2D eigenvalue weighted by molar-refractivity contribution is 9.10. The molecule has 0 unspecified atom stereocenters. The first-order valence-corrected chi connectivity index (χ1v) is 11.3. The van der Waals surface area contributed by atoms with Crippen molar-refractivity contribution in [2.75, 3.05) is 24.6 Å². The largest absolute Gasteiger partial charge is 0.396 e. The van der Waals surface area contributed by atoms with Crippen molar-refractivity contribution in [3.05, 3.63) is 51.8 Å². The number of nitrogens with one attached hydrogen (secondary N) is 2. The van der Waals surface area contributed by atoms with Crippen LogP contribution in [-0.4, -0.2) is 51.2 Å². The fraction of sp³-hybridized carbons (Fsp3) is 0.381. The zero-order valence-electron chi connectivity index (χ0n) is 16.8. The van der Waals surface area contributed by atoms with Crippen LogP contribution in [0.2, 0.25) is 5.02 Å². The van der Waals surface area contributed by atoms with Crippen molar-refractivity contribution >= 4 is 50.3 Å². The van der Waals surface area contributed by atoms with E-state index in [9.17, 15) is 9.90 Å². The summed E-state index contributed by atoms with van der Waals surface area (Å²) < 4.78 is 0.742. The van der Waals surface area contributed by atoms with Crippen molar-refractivity contribution < 1.29 is 9.90 Å². The molecule has 3 heterocycles. The van der Waals surface area contributed by atoms with Gasteiger partial charge in [0.05, 0.1) is 17.0 Å². The maximum Gasteiger partial charge on any atom is 0.248 e. The smallest absolute Gasteiger partial charge is 0.248 e. The Balaban J connectivity index is 1.90. The van der Waals surface area contributed by atoms with Crippen molar-refractivity contribution in [1.29, 1.82) is 0 Å². The Labute approximate surface area is 193 Å². The van der Waals surface area contributed by atoms with Crippen molar-refractivity contribution in [1.82, 2.24) is 20.3 Å². The molecule has 0 saturated carbocycles. The number of aliphatic hydroxyl groups is 1. The zero-order valence-corrected chi connectivity index (χ0v) is 19.2. The summed E-state index contributed by atoms with van der Waals surface area (Å²) in [5.41, 5.74) is 7.06. The van der Waals surface area contributed by atoms with Gasteiger partial charge in [-0.2, -0.15) is 0 Å². The van der Waals surface area contributed by atoms with Gasteiger partial charge in [-0.1, -0.05) is 23.7 Å². The molecule has 1 aliphatic rings. The Morgan fingerprint density at radius 3 is 2.68 bits per heavy atom. The summed E-state index contributed by atoms with van der Waals surface area (Å²) in [5, 5.41) is 14.4. The normalized spacial score (nSPS) is 16.9. The average Bonchev–Trinajstić information content (AvgIpc) is 3.16. The number of carbonyl (C=O) groups excluding carboxylic acids is 1. The molecule has 8 nitrogen and oxygen atoms in total. The van der Waals surface area contributed by atoms with Crippen LogP contribution < -0.4 is 16.0 Å². The molecule has 31 heavy (non-hydrogen) atoms. The maximum atomic E-state index is 14.0. The number of rotatable bonds is 6. The highest BCUT2D eigenvalue weighted by atomic mass is 79.9. The minimum atomic E-state index is -1.04. The van der Waals surface area contributed by atoms with E-state index in [1.54, 1.807) is 23.2 Å². The number of halogens is 2. The first-order chi connectivity index (χ1) is 14.9. The molecule has 4 rings (SSSR count). The lowest BCUT2D eigenvalue weighted by Crippen LogP contribution is -2.60. The van der Waals surface area contributed by atoms with Crippen molar-refractivity contribution in [2.45, 2.75) is 30.8 Å². The topological polar surface area (TPSA) is 120 Å². The molecule has 0 spiro atoms. The summed E-state index contributed by atoms with van der Waals surface area (Å²) in [6.07, 6.45) is 4.52. The second-order valence-electron chi connectivity index (χ2n) is 7.72. The monoisotopic (exact) mass is 506 g/mol. The first-order valence-electron chi connectivity index (χ1n) is 10.1. The third kappa shape index (κ3) is 4.33. The summed E-state index contributed by atoms with van der Waals surface area (Å²) in [6, 6.07) is 6.78. The van der Waals surface area contributed by atoms with Gasteiger partial charge in [-0.15, -0.1) is 0 Å². The quantitative estimate of drug-likeness (QED) is 0.407. The Morgan fingerprint density at radius 1 is 1.29 bits per heavy atom. The minimum absolute atomic E-state index is 0.112. The highest BCUT2D eigenvalue weighted by Gasteiger charge is 2.42. The molecule has 1 amide bonds. The number of nitrogens with zero attached hydrogens (tertiary/aromatic N) is 3. The number of aromatic amines is 1. The second kappa shape index (κ2) is 9.22. The van der Waals surface area contributed by atoms with Crippen LogP contribution in [0.25, 0.3) is 11.0 Å². The number of piperidine rings is 1. The minimum Gasteiger partial charge on any atom is -0.396 e. The zero-order chi connectivity index (χ0) is 22.0. The molecule has 1 aromatic carbocycles. The van der Waals surface area contributed by atoms with Crippen LogP contribution in [0.4, 0.5) is 5.82 Å². The number of aliphatic hydroxyl groups excluding tert-OH is 1. The van der Waals surface area contributed by atoms with Crippen molar-refractivity contribution in [2.24, 2.45) is 5.73 Å². The van der Waals surface area contributed by atoms with Gasteiger partial charge in [0, 0.05) is 22.3 Å². The number of benzene rings is 1. The van der Waals surface area contributed by atoms with E-state index in [-0.39, 0.29) is 12.5 Å². The van der Waals surface area contributed by atoms with Crippen LogP contribution in [0.5, 0.6) is 0 Å². The number of anilines is 1. The van der Waals surface area contributed by atoms with Crippen molar-refractivity contribution in [3.8, 4) is 0 Å². The predicted octanol–water partition coefficient (Wildman–Crippen LogP) is 2.91. The molecule has 2 aromatic heterocycles. The van der Waals surface area contributed by atoms with E-state index in [2.05, 4.69) is 36.2 Å². The molecule has 5 N–H and O–H groups in total. The van der Waals surface area contributed by atoms with E-state index in [4.69, 9.17) is 17.3 Å². The van der Waals surface area contributed by atoms with E-state index in [1.165, 1.54) is 6.33 Å². The van der Waals surface area contributed by atoms with Gasteiger partial charge in [0.25, 0.3) is 0 Å². The summed E-state index contributed by atoms with van der Waals surface area (Å²) >= 11 is 9.63. The second-order valence-corrected chi connectivity index (χ2v) is 9.01. The van der Waals surface area contributed by atoms with Gasteiger partial charge in [0.15, 0.2) is 0 Å². The molecule has 0 bridgehead atoms. The molecule has 1 aliphatic heterocycles. The lowest BCUT2D eigenvalue weighted by atomic mass is 9.86. The number of hydrogen-bond acceptors (Lipinski definition) is 6.